The van der Waals surface area contributed by atoms with Crippen molar-refractivity contribution in [1.29, 1.82) is 0 Å². The summed E-state index contributed by atoms with van der Waals surface area (Å²) in [6.45, 7) is 17.7. The lowest BCUT2D eigenvalue weighted by Gasteiger charge is -2.60. The molecule has 1 aromatic heterocycles. The summed E-state index contributed by atoms with van der Waals surface area (Å²) in [6.07, 6.45) is 2.10. The summed E-state index contributed by atoms with van der Waals surface area (Å²) in [5, 5.41) is 1.36. The van der Waals surface area contributed by atoms with Crippen molar-refractivity contribution in [2.24, 2.45) is 24.8 Å². The van der Waals surface area contributed by atoms with E-state index in [-0.39, 0.29) is 14.3 Å². The van der Waals surface area contributed by atoms with E-state index in [4.69, 9.17) is 9.16 Å². The van der Waals surface area contributed by atoms with Gasteiger partial charge in [0, 0.05) is 63.6 Å². The van der Waals surface area contributed by atoms with Crippen molar-refractivity contribution in [3.8, 4) is 5.75 Å². The molecule has 4 aliphatic heterocycles. The number of aromatic nitrogens is 1. The predicted octanol–water partition coefficient (Wildman–Crippen LogP) is 6.12. The van der Waals surface area contributed by atoms with Gasteiger partial charge in [0.2, 0.25) is 0 Å². The highest BCUT2D eigenvalue weighted by atomic mass is 28.4. The highest BCUT2D eigenvalue weighted by Crippen LogP contribution is 2.56. The molecule has 6 rings (SSSR count). The monoisotopic (exact) mass is 521 g/mol. The highest BCUT2D eigenvalue weighted by molar-refractivity contribution is 6.77. The van der Waals surface area contributed by atoms with Gasteiger partial charge in [-0.2, -0.15) is 0 Å². The average Bonchev–Trinajstić information content (AvgIpc) is 3.10. The Hall–Kier alpha value is -1.57. The summed E-state index contributed by atoms with van der Waals surface area (Å²) < 4.78 is 15.2. The van der Waals surface area contributed by atoms with Crippen LogP contribution in [0.2, 0.25) is 16.6 Å². The SMILES string of the molecule is COc1ccc2c3c(n(C)c2c1)[C@@H]1C[C@H]2C(C(C)=O)CN1[C@@H](C3)C2CO[Si](C(C)C)(C(C)C)C(C)C.[B]. The quantitative estimate of drug-likeness (QED) is 0.393. The van der Waals surface area contributed by atoms with E-state index < -0.39 is 8.32 Å². The van der Waals surface area contributed by atoms with Crippen LogP contribution in [-0.2, 0) is 22.7 Å². The van der Waals surface area contributed by atoms with Gasteiger partial charge in [-0.25, -0.2) is 0 Å². The Morgan fingerprint density at radius 3 is 2.32 bits per heavy atom. The second-order valence-electron chi connectivity index (χ2n) is 12.7. The Morgan fingerprint density at radius 1 is 1.11 bits per heavy atom. The minimum absolute atomic E-state index is 0. The first-order valence-electron chi connectivity index (χ1n) is 14.1. The molecule has 6 atom stereocenters. The molecule has 37 heavy (non-hydrogen) atoms. The van der Waals surface area contributed by atoms with Crippen molar-refractivity contribution in [3.05, 3.63) is 29.5 Å². The zero-order valence-electron chi connectivity index (χ0n) is 24.4. The van der Waals surface area contributed by atoms with Crippen molar-refractivity contribution in [2.75, 3.05) is 20.3 Å². The van der Waals surface area contributed by atoms with Crippen LogP contribution in [0.15, 0.2) is 18.2 Å². The number of carbonyl (C=O) groups excluding carboxylic acids is 1. The van der Waals surface area contributed by atoms with Crippen LogP contribution in [0.3, 0.4) is 0 Å². The standard InChI is InChI=1S/C30H46N2O3Si.B/c1-17(2)36(18(3)4,19(5)6)35-16-26-23-13-29-30-24(14-28(26)32(29)15-25(23)20(7)33)22-11-10-21(34-9)12-27(22)31(30)8;/h10-12,17-19,23,25-26,28-29H,13-16H2,1-9H3;/t23-,25?,26?,28-,29-;/m0./s1. The molecule has 0 amide bonds. The van der Waals surface area contributed by atoms with Gasteiger partial charge in [0.15, 0.2) is 8.32 Å². The fraction of sp³-hybridized carbons (Fsp3) is 0.700. The van der Waals surface area contributed by atoms with Crippen molar-refractivity contribution in [2.45, 2.75) is 90.0 Å². The zero-order valence-corrected chi connectivity index (χ0v) is 25.4. The molecule has 7 heteroatoms. The van der Waals surface area contributed by atoms with Crippen molar-refractivity contribution in [3.63, 3.8) is 0 Å². The molecule has 5 nitrogen and oxygen atoms in total. The maximum absolute atomic E-state index is 12.8. The van der Waals surface area contributed by atoms with Crippen LogP contribution in [-0.4, -0.2) is 58.3 Å². The molecule has 1 aromatic carbocycles. The summed E-state index contributed by atoms with van der Waals surface area (Å²) in [5.74, 6) is 2.21. The van der Waals surface area contributed by atoms with E-state index in [0.29, 0.717) is 46.3 Å². The summed E-state index contributed by atoms with van der Waals surface area (Å²) in [5.41, 5.74) is 5.93. The van der Waals surface area contributed by atoms with Gasteiger partial charge in [-0.15, -0.1) is 0 Å². The third-order valence-electron chi connectivity index (χ3n) is 10.3. The molecular weight excluding hydrogens is 475 g/mol. The number of carbonyl (C=O) groups is 1. The maximum Gasteiger partial charge on any atom is 0.200 e. The van der Waals surface area contributed by atoms with Crippen LogP contribution in [0.1, 0.15) is 72.2 Å². The maximum atomic E-state index is 12.8. The number of ether oxygens (including phenoxy) is 1. The van der Waals surface area contributed by atoms with Crippen LogP contribution in [0.4, 0.5) is 0 Å². The van der Waals surface area contributed by atoms with E-state index in [1.54, 1.807) is 7.11 Å². The van der Waals surface area contributed by atoms with Crippen LogP contribution in [0.5, 0.6) is 5.75 Å². The van der Waals surface area contributed by atoms with E-state index in [9.17, 15) is 4.79 Å². The number of Topliss-reactive ketones (excluding diaryl/α,β-unsaturated/α-hetero) is 1. The normalized spacial score (nSPS) is 28.6. The molecule has 3 fully saturated rings. The van der Waals surface area contributed by atoms with Gasteiger partial charge < -0.3 is 13.7 Å². The molecule has 3 saturated heterocycles. The van der Waals surface area contributed by atoms with Crippen molar-refractivity contribution < 1.29 is 14.0 Å². The van der Waals surface area contributed by atoms with Crippen LogP contribution in [0.25, 0.3) is 10.9 Å². The van der Waals surface area contributed by atoms with Gasteiger partial charge in [-0.05, 0) is 60.0 Å². The summed E-state index contributed by atoms with van der Waals surface area (Å²) in [6, 6.07) is 7.36. The second-order valence-corrected chi connectivity index (χ2v) is 18.2. The van der Waals surface area contributed by atoms with Gasteiger partial charge in [-0.1, -0.05) is 41.5 Å². The molecule has 4 aliphatic rings. The number of piperidine rings is 3. The number of fused-ring (bicyclic) bond motifs is 4. The van der Waals surface area contributed by atoms with Gasteiger partial charge in [0.1, 0.15) is 11.5 Å². The molecule has 4 bridgehead atoms. The van der Waals surface area contributed by atoms with E-state index in [1.165, 1.54) is 22.2 Å². The summed E-state index contributed by atoms with van der Waals surface area (Å²) in [4.78, 5) is 15.5. The molecule has 3 unspecified atom stereocenters. The first-order chi connectivity index (χ1) is 17.0. The summed E-state index contributed by atoms with van der Waals surface area (Å²) >= 11 is 0. The van der Waals surface area contributed by atoms with Crippen molar-refractivity contribution in [1.82, 2.24) is 9.47 Å². The van der Waals surface area contributed by atoms with Gasteiger partial charge in [0.05, 0.1) is 18.7 Å². The predicted molar refractivity (Wildman–Crippen MR) is 155 cm³/mol. The van der Waals surface area contributed by atoms with E-state index in [0.717, 1.165) is 31.7 Å². The first kappa shape index (κ1) is 28.4. The number of nitrogens with zero attached hydrogens (tertiary/aromatic N) is 2. The van der Waals surface area contributed by atoms with E-state index >= 15 is 0 Å². The fourth-order valence-electron chi connectivity index (χ4n) is 8.85. The minimum Gasteiger partial charge on any atom is -0.497 e. The van der Waals surface area contributed by atoms with Crippen LogP contribution >= 0.6 is 0 Å². The van der Waals surface area contributed by atoms with Gasteiger partial charge in [0.25, 0.3) is 0 Å². The molecule has 0 aliphatic carbocycles. The van der Waals surface area contributed by atoms with E-state index in [1.807, 2.05) is 6.92 Å². The molecule has 3 radical (unpaired) electrons. The fourth-order valence-corrected chi connectivity index (χ4v) is 14.3. The van der Waals surface area contributed by atoms with Gasteiger partial charge in [-0.3, -0.25) is 9.69 Å². The second kappa shape index (κ2) is 10.2. The van der Waals surface area contributed by atoms with Crippen LogP contribution in [0, 0.1) is 17.8 Å². The van der Waals surface area contributed by atoms with Gasteiger partial charge >= 0.3 is 0 Å². The number of methoxy groups -OCH3 is 1. The lowest BCUT2D eigenvalue weighted by atomic mass is 9.61. The Kier molecular flexibility index (Phi) is 7.84. The number of aryl methyl sites for hydroxylation is 1. The summed E-state index contributed by atoms with van der Waals surface area (Å²) in [7, 11) is 1.98. The third-order valence-corrected chi connectivity index (χ3v) is 16.4. The average molecular weight is 522 g/mol. The first-order valence-corrected chi connectivity index (χ1v) is 16.2. The smallest absolute Gasteiger partial charge is 0.200 e. The molecule has 2 aromatic rings. The van der Waals surface area contributed by atoms with Crippen LogP contribution < -0.4 is 4.74 Å². The Balaban J connectivity index is 0.00000320. The van der Waals surface area contributed by atoms with Crippen molar-refractivity contribution >= 4 is 33.4 Å². The Morgan fingerprint density at radius 2 is 1.76 bits per heavy atom. The molecule has 0 saturated carbocycles. The zero-order chi connectivity index (χ0) is 26.1. The number of hydrogen-bond donors (Lipinski definition) is 0. The topological polar surface area (TPSA) is 43.7 Å². The lowest BCUT2D eigenvalue weighted by molar-refractivity contribution is -0.144. The third kappa shape index (κ3) is 4.15. The number of ketones is 1. The molecule has 201 valence electrons. The molecule has 5 heterocycles. The number of rotatable bonds is 8. The Labute approximate surface area is 227 Å². The number of hydrogen-bond acceptors (Lipinski definition) is 4. The van der Waals surface area contributed by atoms with E-state index in [2.05, 4.69) is 76.3 Å². The Bertz CT molecular complexity index is 1140. The highest BCUT2D eigenvalue weighted by Gasteiger charge is 2.57. The number of benzene rings is 1. The molecular formula is C30H46BN2O3Si. The molecule has 0 N–H and O–H groups in total. The largest absolute Gasteiger partial charge is 0.497 e. The lowest BCUT2D eigenvalue weighted by Crippen LogP contribution is -2.65. The molecule has 0 spiro atoms. The minimum atomic E-state index is -1.97.